The van der Waals surface area contributed by atoms with Gasteiger partial charge in [-0.15, -0.1) is 0 Å². The molecule has 17 heavy (non-hydrogen) atoms. The highest BCUT2D eigenvalue weighted by Crippen LogP contribution is 2.40. The summed E-state index contributed by atoms with van der Waals surface area (Å²) in [7, 11) is 0. The third kappa shape index (κ3) is 3.78. The molecule has 0 atom stereocenters. The molecule has 6 heteroatoms. The van der Waals surface area contributed by atoms with E-state index in [2.05, 4.69) is 0 Å². The first-order chi connectivity index (χ1) is 7.86. The largest absolute Gasteiger partial charge is 0.506 e. The van der Waals surface area contributed by atoms with Crippen molar-refractivity contribution >= 4 is 11.6 Å². The summed E-state index contributed by atoms with van der Waals surface area (Å²) < 4.78 is 37.7. The standard InChI is InChI=1S/C11H13ClF3NO/c12-9-6-7(3-1-2-4-16)5-8(10(9)17)11(13,14)15/h5-6,17H,1-4,16H2. The molecule has 3 N–H and O–H groups in total. The van der Waals surface area contributed by atoms with Crippen LogP contribution in [0, 0.1) is 0 Å². The Hall–Kier alpha value is -0.940. The molecule has 0 radical (unpaired) electrons. The van der Waals surface area contributed by atoms with Crippen molar-refractivity contribution in [1.82, 2.24) is 0 Å². The Labute approximate surface area is 102 Å². The second-order valence-corrected chi connectivity index (χ2v) is 4.12. The smallest absolute Gasteiger partial charge is 0.420 e. The van der Waals surface area contributed by atoms with Crippen molar-refractivity contribution in [2.75, 3.05) is 6.54 Å². The van der Waals surface area contributed by atoms with Crippen molar-refractivity contribution in [2.24, 2.45) is 5.73 Å². The first kappa shape index (κ1) is 14.1. The van der Waals surface area contributed by atoms with Crippen LogP contribution >= 0.6 is 11.6 Å². The number of alkyl halides is 3. The fraction of sp³-hybridized carbons (Fsp3) is 0.455. The molecule has 0 bridgehead atoms. The molecule has 0 aliphatic rings. The van der Waals surface area contributed by atoms with Crippen LogP contribution in [0.4, 0.5) is 13.2 Å². The predicted octanol–water partition coefficient (Wildman–Crippen LogP) is 3.35. The molecule has 1 aromatic carbocycles. The molecule has 0 aromatic heterocycles. The summed E-state index contributed by atoms with van der Waals surface area (Å²) in [5.74, 6) is -0.915. The van der Waals surface area contributed by atoms with E-state index in [1.165, 1.54) is 6.07 Å². The summed E-state index contributed by atoms with van der Waals surface area (Å²) in [6.07, 6.45) is -2.72. The van der Waals surface area contributed by atoms with Crippen LogP contribution in [0.2, 0.25) is 5.02 Å². The van der Waals surface area contributed by atoms with E-state index in [-0.39, 0.29) is 5.02 Å². The van der Waals surface area contributed by atoms with E-state index in [4.69, 9.17) is 17.3 Å². The number of hydrogen-bond donors (Lipinski definition) is 2. The zero-order valence-electron chi connectivity index (χ0n) is 9.02. The number of phenols is 1. The molecule has 0 aliphatic carbocycles. The summed E-state index contributed by atoms with van der Waals surface area (Å²) in [5, 5.41) is 8.98. The van der Waals surface area contributed by atoms with Crippen molar-refractivity contribution in [3.63, 3.8) is 0 Å². The number of unbranched alkanes of at least 4 members (excludes halogenated alkanes) is 1. The fourth-order valence-electron chi connectivity index (χ4n) is 1.49. The highest BCUT2D eigenvalue weighted by atomic mass is 35.5. The zero-order valence-corrected chi connectivity index (χ0v) is 9.78. The van der Waals surface area contributed by atoms with Gasteiger partial charge in [0.25, 0.3) is 0 Å². The molecular weight excluding hydrogens is 255 g/mol. The van der Waals surface area contributed by atoms with E-state index < -0.39 is 17.5 Å². The Morgan fingerprint density at radius 1 is 1.24 bits per heavy atom. The fourth-order valence-corrected chi connectivity index (χ4v) is 1.73. The monoisotopic (exact) mass is 267 g/mol. The van der Waals surface area contributed by atoms with Gasteiger partial charge in [0, 0.05) is 0 Å². The van der Waals surface area contributed by atoms with E-state index in [9.17, 15) is 18.3 Å². The Bertz CT molecular complexity index is 393. The van der Waals surface area contributed by atoms with Crippen LogP contribution < -0.4 is 5.73 Å². The zero-order chi connectivity index (χ0) is 13.1. The molecule has 1 aromatic rings. The van der Waals surface area contributed by atoms with Gasteiger partial charge in [0.1, 0.15) is 5.75 Å². The Morgan fingerprint density at radius 2 is 1.88 bits per heavy atom. The maximum Gasteiger partial charge on any atom is 0.420 e. The second kappa shape index (κ2) is 5.60. The molecule has 96 valence electrons. The first-order valence-corrected chi connectivity index (χ1v) is 5.52. The number of rotatable bonds is 4. The van der Waals surface area contributed by atoms with Gasteiger partial charge >= 0.3 is 6.18 Å². The van der Waals surface area contributed by atoms with E-state index in [1.54, 1.807) is 0 Å². The van der Waals surface area contributed by atoms with Crippen molar-refractivity contribution in [2.45, 2.75) is 25.4 Å². The van der Waals surface area contributed by atoms with E-state index in [1.807, 2.05) is 0 Å². The molecule has 1 rings (SSSR count). The Kier molecular flexibility index (Phi) is 4.65. The number of aromatic hydroxyl groups is 1. The number of phenolic OH excluding ortho intramolecular Hbond substituents is 1. The molecule has 2 nitrogen and oxygen atoms in total. The third-order valence-corrected chi connectivity index (χ3v) is 2.64. The van der Waals surface area contributed by atoms with Crippen LogP contribution in [0.25, 0.3) is 0 Å². The van der Waals surface area contributed by atoms with Gasteiger partial charge in [0.15, 0.2) is 0 Å². The van der Waals surface area contributed by atoms with Crippen LogP contribution in [0.5, 0.6) is 5.75 Å². The molecule has 0 saturated carbocycles. The Balaban J connectivity index is 2.98. The van der Waals surface area contributed by atoms with Gasteiger partial charge in [0.2, 0.25) is 0 Å². The summed E-state index contributed by atoms with van der Waals surface area (Å²) in [6, 6.07) is 2.28. The number of hydrogen-bond acceptors (Lipinski definition) is 2. The molecule has 0 fully saturated rings. The quantitative estimate of drug-likeness (QED) is 0.822. The number of nitrogens with two attached hydrogens (primary N) is 1. The molecule has 0 amide bonds. The number of halogens is 4. The topological polar surface area (TPSA) is 46.2 Å². The lowest BCUT2D eigenvalue weighted by molar-refractivity contribution is -0.138. The van der Waals surface area contributed by atoms with E-state index in [0.717, 1.165) is 12.5 Å². The van der Waals surface area contributed by atoms with Crippen molar-refractivity contribution in [3.05, 3.63) is 28.3 Å². The summed E-state index contributed by atoms with van der Waals surface area (Å²) in [6.45, 7) is 0.498. The molecule has 0 heterocycles. The van der Waals surface area contributed by atoms with Gasteiger partial charge in [-0.2, -0.15) is 13.2 Å². The normalized spacial score (nSPS) is 11.8. The van der Waals surface area contributed by atoms with Gasteiger partial charge in [-0.1, -0.05) is 11.6 Å². The molecular formula is C11H13ClF3NO. The van der Waals surface area contributed by atoms with Gasteiger partial charge in [-0.3, -0.25) is 0 Å². The minimum Gasteiger partial charge on any atom is -0.506 e. The summed E-state index contributed by atoms with van der Waals surface area (Å²) in [5.41, 5.74) is 4.66. The predicted molar refractivity (Wildman–Crippen MR) is 60.1 cm³/mol. The minimum atomic E-state index is -4.60. The van der Waals surface area contributed by atoms with Crippen molar-refractivity contribution in [3.8, 4) is 5.75 Å². The average Bonchev–Trinajstić information content (AvgIpc) is 2.21. The first-order valence-electron chi connectivity index (χ1n) is 5.15. The molecule has 0 spiro atoms. The SMILES string of the molecule is NCCCCc1cc(Cl)c(O)c(C(F)(F)F)c1. The molecule has 0 unspecified atom stereocenters. The Morgan fingerprint density at radius 3 is 2.41 bits per heavy atom. The van der Waals surface area contributed by atoms with Gasteiger partial charge < -0.3 is 10.8 Å². The van der Waals surface area contributed by atoms with Crippen LogP contribution in [0.3, 0.4) is 0 Å². The molecule has 0 aliphatic heterocycles. The lowest BCUT2D eigenvalue weighted by Gasteiger charge is -2.12. The minimum absolute atomic E-state index is 0.275. The second-order valence-electron chi connectivity index (χ2n) is 3.72. The number of benzene rings is 1. The lowest BCUT2D eigenvalue weighted by atomic mass is 10.0. The van der Waals surface area contributed by atoms with Crippen LogP contribution in [-0.4, -0.2) is 11.7 Å². The lowest BCUT2D eigenvalue weighted by Crippen LogP contribution is -2.07. The van der Waals surface area contributed by atoms with Gasteiger partial charge in [0.05, 0.1) is 10.6 Å². The molecule has 0 saturated heterocycles. The maximum atomic E-state index is 12.6. The van der Waals surface area contributed by atoms with Crippen molar-refractivity contribution < 1.29 is 18.3 Å². The van der Waals surface area contributed by atoms with E-state index in [0.29, 0.717) is 24.9 Å². The van der Waals surface area contributed by atoms with Crippen LogP contribution in [0.1, 0.15) is 24.0 Å². The highest BCUT2D eigenvalue weighted by molar-refractivity contribution is 6.32. The van der Waals surface area contributed by atoms with Crippen LogP contribution in [0.15, 0.2) is 12.1 Å². The van der Waals surface area contributed by atoms with Gasteiger partial charge in [-0.05, 0) is 43.5 Å². The van der Waals surface area contributed by atoms with Crippen LogP contribution in [-0.2, 0) is 12.6 Å². The summed E-state index contributed by atoms with van der Waals surface area (Å²) >= 11 is 5.56. The van der Waals surface area contributed by atoms with E-state index >= 15 is 0 Å². The summed E-state index contributed by atoms with van der Waals surface area (Å²) in [4.78, 5) is 0. The average molecular weight is 268 g/mol. The van der Waals surface area contributed by atoms with Crippen molar-refractivity contribution in [1.29, 1.82) is 0 Å². The number of aryl methyl sites for hydroxylation is 1. The highest BCUT2D eigenvalue weighted by Gasteiger charge is 2.35. The van der Waals surface area contributed by atoms with Gasteiger partial charge in [-0.25, -0.2) is 0 Å². The third-order valence-electron chi connectivity index (χ3n) is 2.35. The maximum absolute atomic E-state index is 12.6.